The number of nitrogens with one attached hydrogen (secondary N) is 1. The number of phenolic OH excluding ortho intramolecular Hbond substituents is 1. The van der Waals surface area contributed by atoms with Crippen LogP contribution in [-0.4, -0.2) is 19.6 Å². The van der Waals surface area contributed by atoms with Gasteiger partial charge in [0.1, 0.15) is 11.3 Å². The molecule has 0 fully saturated rings. The number of phenols is 1. The molecule has 0 atom stereocenters. The maximum Gasteiger partial charge on any atom is 0.203 e. The Morgan fingerprint density at radius 2 is 1.92 bits per heavy atom. The van der Waals surface area contributed by atoms with E-state index < -0.39 is 0 Å². The summed E-state index contributed by atoms with van der Waals surface area (Å²) in [7, 11) is 1.99. The average molecular weight is 344 g/mol. The van der Waals surface area contributed by atoms with Crippen LogP contribution in [-0.2, 0) is 13.6 Å². The van der Waals surface area contributed by atoms with Crippen LogP contribution < -0.4 is 5.32 Å². The molecule has 0 unspecified atom stereocenters. The van der Waals surface area contributed by atoms with Crippen molar-refractivity contribution < 1.29 is 5.11 Å². The van der Waals surface area contributed by atoms with Gasteiger partial charge in [-0.2, -0.15) is 0 Å². The standard InChI is InChI=1S/C21H20N4O/c1-14-5-3-6-15(9-14)12-23-21-24-19-13-22-18(11-20(19)25(21)2)16-7-4-8-17(26)10-16/h3-11,13,26H,12H2,1-2H3,(H,23,24). The summed E-state index contributed by atoms with van der Waals surface area (Å²) in [4.78, 5) is 9.13. The molecule has 0 aliphatic carbocycles. The lowest BCUT2D eigenvalue weighted by Crippen LogP contribution is -2.05. The zero-order chi connectivity index (χ0) is 18.1. The normalized spacial score (nSPS) is 11.0. The molecule has 0 saturated carbocycles. The summed E-state index contributed by atoms with van der Waals surface area (Å²) >= 11 is 0. The van der Waals surface area contributed by atoms with Crippen LogP contribution in [0.3, 0.4) is 0 Å². The van der Waals surface area contributed by atoms with Gasteiger partial charge in [-0.3, -0.25) is 4.98 Å². The summed E-state index contributed by atoms with van der Waals surface area (Å²) in [5.41, 5.74) is 5.97. The van der Waals surface area contributed by atoms with Gasteiger partial charge in [0.25, 0.3) is 0 Å². The number of hydrogen-bond acceptors (Lipinski definition) is 4. The largest absolute Gasteiger partial charge is 0.508 e. The lowest BCUT2D eigenvalue weighted by molar-refractivity contribution is 0.475. The van der Waals surface area contributed by atoms with Crippen LogP contribution >= 0.6 is 0 Å². The Morgan fingerprint density at radius 1 is 1.08 bits per heavy atom. The SMILES string of the molecule is Cc1cccc(CNc2nc3cnc(-c4cccc(O)c4)cc3n2C)c1. The first-order valence-electron chi connectivity index (χ1n) is 8.51. The molecule has 26 heavy (non-hydrogen) atoms. The van der Waals surface area contributed by atoms with Gasteiger partial charge in [-0.15, -0.1) is 0 Å². The molecule has 4 rings (SSSR count). The molecule has 5 nitrogen and oxygen atoms in total. The quantitative estimate of drug-likeness (QED) is 0.580. The van der Waals surface area contributed by atoms with E-state index >= 15 is 0 Å². The van der Waals surface area contributed by atoms with Gasteiger partial charge in [0.05, 0.1) is 17.4 Å². The van der Waals surface area contributed by atoms with E-state index in [0.717, 1.165) is 28.2 Å². The van der Waals surface area contributed by atoms with Gasteiger partial charge in [-0.1, -0.05) is 42.0 Å². The number of anilines is 1. The third-order valence-corrected chi connectivity index (χ3v) is 4.44. The maximum atomic E-state index is 9.69. The zero-order valence-corrected chi connectivity index (χ0v) is 14.8. The van der Waals surface area contributed by atoms with Gasteiger partial charge < -0.3 is 15.0 Å². The number of rotatable bonds is 4. The number of benzene rings is 2. The lowest BCUT2D eigenvalue weighted by atomic mass is 10.1. The van der Waals surface area contributed by atoms with Crippen molar-refractivity contribution in [2.24, 2.45) is 7.05 Å². The average Bonchev–Trinajstić information content (AvgIpc) is 2.95. The van der Waals surface area contributed by atoms with Crippen LogP contribution in [0, 0.1) is 6.92 Å². The van der Waals surface area contributed by atoms with Crippen molar-refractivity contribution in [3.05, 3.63) is 71.9 Å². The first kappa shape index (κ1) is 16.1. The molecule has 0 spiro atoms. The Hall–Kier alpha value is -3.34. The Morgan fingerprint density at radius 3 is 2.73 bits per heavy atom. The highest BCUT2D eigenvalue weighted by atomic mass is 16.3. The Kier molecular flexibility index (Phi) is 4.05. The molecular weight excluding hydrogens is 324 g/mol. The molecule has 0 radical (unpaired) electrons. The van der Waals surface area contributed by atoms with Gasteiger partial charge >= 0.3 is 0 Å². The molecule has 2 heterocycles. The summed E-state index contributed by atoms with van der Waals surface area (Å²) in [6, 6.07) is 17.5. The highest BCUT2D eigenvalue weighted by Crippen LogP contribution is 2.26. The Balaban J connectivity index is 1.64. The van der Waals surface area contributed by atoms with Crippen LogP contribution in [0.4, 0.5) is 5.95 Å². The molecule has 130 valence electrons. The summed E-state index contributed by atoms with van der Waals surface area (Å²) in [5.74, 6) is 1.03. The van der Waals surface area contributed by atoms with Crippen molar-refractivity contribution in [1.82, 2.24) is 14.5 Å². The summed E-state index contributed by atoms with van der Waals surface area (Å²) < 4.78 is 2.03. The van der Waals surface area contributed by atoms with E-state index in [2.05, 4.69) is 46.5 Å². The second-order valence-electron chi connectivity index (χ2n) is 6.45. The minimum Gasteiger partial charge on any atom is -0.508 e. The van der Waals surface area contributed by atoms with Crippen LogP contribution in [0.2, 0.25) is 0 Å². The fraction of sp³-hybridized carbons (Fsp3) is 0.143. The van der Waals surface area contributed by atoms with Crippen molar-refractivity contribution in [3.8, 4) is 17.0 Å². The van der Waals surface area contributed by atoms with E-state index in [1.165, 1.54) is 11.1 Å². The number of hydrogen-bond donors (Lipinski definition) is 2. The van der Waals surface area contributed by atoms with Crippen molar-refractivity contribution in [2.45, 2.75) is 13.5 Å². The van der Waals surface area contributed by atoms with Crippen molar-refractivity contribution in [1.29, 1.82) is 0 Å². The molecule has 4 aromatic rings. The van der Waals surface area contributed by atoms with E-state index in [1.54, 1.807) is 18.3 Å². The Labute approximate surface area is 152 Å². The molecule has 2 aromatic carbocycles. The number of fused-ring (bicyclic) bond motifs is 1. The molecule has 0 aliphatic heterocycles. The molecule has 0 bridgehead atoms. The fourth-order valence-electron chi connectivity index (χ4n) is 3.08. The molecule has 0 aliphatic rings. The van der Waals surface area contributed by atoms with Gasteiger partial charge in [-0.05, 0) is 30.7 Å². The molecule has 2 aromatic heterocycles. The van der Waals surface area contributed by atoms with Gasteiger partial charge in [0.15, 0.2) is 0 Å². The van der Waals surface area contributed by atoms with Crippen molar-refractivity contribution in [3.63, 3.8) is 0 Å². The number of aryl methyl sites for hydroxylation is 2. The topological polar surface area (TPSA) is 63.0 Å². The molecule has 0 saturated heterocycles. The number of pyridine rings is 1. The summed E-state index contributed by atoms with van der Waals surface area (Å²) in [6.07, 6.45) is 1.77. The molecule has 0 amide bonds. The number of nitrogens with zero attached hydrogens (tertiary/aromatic N) is 3. The maximum absolute atomic E-state index is 9.69. The van der Waals surface area contributed by atoms with Crippen LogP contribution in [0.25, 0.3) is 22.3 Å². The van der Waals surface area contributed by atoms with Crippen LogP contribution in [0.15, 0.2) is 60.8 Å². The fourth-order valence-corrected chi connectivity index (χ4v) is 3.08. The smallest absolute Gasteiger partial charge is 0.203 e. The predicted octanol–water partition coefficient (Wildman–Crippen LogP) is 4.26. The van der Waals surface area contributed by atoms with Gasteiger partial charge in [0, 0.05) is 19.2 Å². The van der Waals surface area contributed by atoms with E-state index in [-0.39, 0.29) is 5.75 Å². The number of aromatic nitrogens is 3. The third kappa shape index (κ3) is 3.11. The zero-order valence-electron chi connectivity index (χ0n) is 14.8. The third-order valence-electron chi connectivity index (χ3n) is 4.44. The van der Waals surface area contributed by atoms with Crippen LogP contribution in [0.1, 0.15) is 11.1 Å². The summed E-state index contributed by atoms with van der Waals surface area (Å²) in [6.45, 7) is 2.80. The summed E-state index contributed by atoms with van der Waals surface area (Å²) in [5, 5.41) is 13.1. The van der Waals surface area contributed by atoms with Crippen molar-refractivity contribution in [2.75, 3.05) is 5.32 Å². The highest BCUT2D eigenvalue weighted by Gasteiger charge is 2.10. The number of aromatic hydroxyl groups is 1. The minimum atomic E-state index is 0.231. The van der Waals surface area contributed by atoms with E-state index in [4.69, 9.17) is 0 Å². The predicted molar refractivity (Wildman–Crippen MR) is 104 cm³/mol. The van der Waals surface area contributed by atoms with Gasteiger partial charge in [0.2, 0.25) is 5.95 Å². The monoisotopic (exact) mass is 344 g/mol. The highest BCUT2D eigenvalue weighted by molar-refractivity contribution is 5.82. The second kappa shape index (κ2) is 6.52. The molecular formula is C21H20N4O. The van der Waals surface area contributed by atoms with E-state index in [1.807, 2.05) is 29.8 Å². The van der Waals surface area contributed by atoms with Crippen molar-refractivity contribution >= 4 is 17.0 Å². The van der Waals surface area contributed by atoms with E-state index in [0.29, 0.717) is 6.54 Å². The number of imidazole rings is 1. The first-order valence-corrected chi connectivity index (χ1v) is 8.51. The molecule has 5 heteroatoms. The van der Waals surface area contributed by atoms with Crippen LogP contribution in [0.5, 0.6) is 5.75 Å². The lowest BCUT2D eigenvalue weighted by Gasteiger charge is -2.07. The molecule has 2 N–H and O–H groups in total. The van der Waals surface area contributed by atoms with E-state index in [9.17, 15) is 5.11 Å². The minimum absolute atomic E-state index is 0.231. The first-order chi connectivity index (χ1) is 12.6. The Bertz CT molecular complexity index is 1080. The van der Waals surface area contributed by atoms with Gasteiger partial charge in [-0.25, -0.2) is 4.98 Å². The second-order valence-corrected chi connectivity index (χ2v) is 6.45.